The third-order valence-corrected chi connectivity index (χ3v) is 2.64. The second kappa shape index (κ2) is 4.79. The fourth-order valence-corrected chi connectivity index (χ4v) is 1.81. The molecule has 2 aromatic rings. The fourth-order valence-electron chi connectivity index (χ4n) is 1.81. The van der Waals surface area contributed by atoms with Crippen molar-refractivity contribution in [1.82, 2.24) is 4.98 Å². The summed E-state index contributed by atoms with van der Waals surface area (Å²) >= 11 is 0. The Morgan fingerprint density at radius 1 is 1.21 bits per heavy atom. The van der Waals surface area contributed by atoms with Crippen LogP contribution in [0.15, 0.2) is 36.5 Å². The van der Waals surface area contributed by atoms with Gasteiger partial charge in [-0.25, -0.2) is 4.79 Å². The van der Waals surface area contributed by atoms with E-state index in [9.17, 15) is 18.0 Å². The predicted molar refractivity (Wildman–Crippen MR) is 62.6 cm³/mol. The molecule has 0 saturated heterocycles. The zero-order chi connectivity index (χ0) is 14.0. The first-order valence-electron chi connectivity index (χ1n) is 5.37. The molecular weight excluding hydrogens is 259 g/mol. The number of carbonyl (C=O) groups excluding carboxylic acids is 1. The van der Waals surface area contributed by atoms with Crippen LogP contribution in [0.25, 0.3) is 11.1 Å². The van der Waals surface area contributed by atoms with Crippen molar-refractivity contribution in [1.29, 1.82) is 0 Å². The number of methoxy groups -OCH3 is 1. The minimum atomic E-state index is -4.64. The van der Waals surface area contributed by atoms with Crippen LogP contribution in [0.5, 0.6) is 0 Å². The number of rotatable bonds is 2. The third kappa shape index (κ3) is 2.47. The zero-order valence-corrected chi connectivity index (χ0v) is 9.91. The lowest BCUT2D eigenvalue weighted by Crippen LogP contribution is -2.13. The van der Waals surface area contributed by atoms with E-state index in [-0.39, 0.29) is 5.56 Å². The molecule has 0 aliphatic carbocycles. The molecule has 0 aliphatic heterocycles. The molecule has 0 aliphatic rings. The smallest absolute Gasteiger partial charge is 0.432 e. The number of nitrogens with one attached hydrogen (secondary N) is 1. The van der Waals surface area contributed by atoms with Gasteiger partial charge in [-0.2, -0.15) is 13.2 Å². The van der Waals surface area contributed by atoms with Crippen LogP contribution in [0.1, 0.15) is 16.1 Å². The van der Waals surface area contributed by atoms with Crippen LogP contribution in [0, 0.1) is 0 Å². The summed E-state index contributed by atoms with van der Waals surface area (Å²) in [5, 5.41) is 0. The summed E-state index contributed by atoms with van der Waals surface area (Å²) in [6.07, 6.45) is -3.49. The van der Waals surface area contributed by atoms with Gasteiger partial charge in [0.25, 0.3) is 0 Å². The molecule has 1 aromatic carbocycles. The standard InChI is InChI=1S/C13H10F3NO2/c1-19-12(18)10-9(8-5-3-2-4-6-8)7-17-11(10)13(14,15)16/h2-7,17H,1H3. The van der Waals surface area contributed by atoms with Crippen LogP contribution in [0.2, 0.25) is 0 Å². The number of hydrogen-bond acceptors (Lipinski definition) is 2. The third-order valence-electron chi connectivity index (χ3n) is 2.64. The summed E-state index contributed by atoms with van der Waals surface area (Å²) < 4.78 is 42.9. The van der Waals surface area contributed by atoms with E-state index < -0.39 is 23.4 Å². The molecule has 1 heterocycles. The Bertz CT molecular complexity index is 588. The van der Waals surface area contributed by atoms with Crippen molar-refractivity contribution >= 4 is 5.97 Å². The molecule has 0 atom stereocenters. The quantitative estimate of drug-likeness (QED) is 0.848. The lowest BCUT2D eigenvalue weighted by atomic mass is 10.0. The Hall–Kier alpha value is -2.24. The number of benzene rings is 1. The summed E-state index contributed by atoms with van der Waals surface area (Å²) in [7, 11) is 1.05. The Morgan fingerprint density at radius 3 is 2.37 bits per heavy atom. The van der Waals surface area contributed by atoms with Gasteiger partial charge in [-0.3, -0.25) is 0 Å². The van der Waals surface area contributed by atoms with Gasteiger partial charge in [0, 0.05) is 11.8 Å². The highest BCUT2D eigenvalue weighted by atomic mass is 19.4. The number of ether oxygens (including phenoxy) is 1. The van der Waals surface area contributed by atoms with Gasteiger partial charge in [0.1, 0.15) is 5.69 Å². The van der Waals surface area contributed by atoms with Gasteiger partial charge in [-0.15, -0.1) is 0 Å². The largest absolute Gasteiger partial charge is 0.465 e. The average molecular weight is 269 g/mol. The number of aromatic amines is 1. The molecule has 0 spiro atoms. The Labute approximate surface area is 107 Å². The summed E-state index contributed by atoms with van der Waals surface area (Å²) in [5.74, 6) is -1.02. The number of esters is 1. The van der Waals surface area contributed by atoms with Crippen LogP contribution in [0.3, 0.4) is 0 Å². The molecule has 3 nitrogen and oxygen atoms in total. The highest BCUT2D eigenvalue weighted by Crippen LogP contribution is 2.36. The first-order valence-corrected chi connectivity index (χ1v) is 5.37. The van der Waals surface area contributed by atoms with Gasteiger partial charge in [0.15, 0.2) is 0 Å². The lowest BCUT2D eigenvalue weighted by Gasteiger charge is -2.08. The zero-order valence-electron chi connectivity index (χ0n) is 9.91. The van der Waals surface area contributed by atoms with Gasteiger partial charge in [0.2, 0.25) is 0 Å². The molecule has 19 heavy (non-hydrogen) atoms. The SMILES string of the molecule is COC(=O)c1c(-c2ccccc2)c[nH]c1C(F)(F)F. The number of alkyl halides is 3. The predicted octanol–water partition coefficient (Wildman–Crippen LogP) is 3.49. The summed E-state index contributed by atoms with van der Waals surface area (Å²) in [4.78, 5) is 13.7. The summed E-state index contributed by atoms with van der Waals surface area (Å²) in [6.45, 7) is 0. The van der Waals surface area contributed by atoms with Crippen LogP contribution in [0.4, 0.5) is 13.2 Å². The van der Waals surface area contributed by atoms with Crippen molar-refractivity contribution in [3.05, 3.63) is 47.8 Å². The van der Waals surface area contributed by atoms with Crippen molar-refractivity contribution in [2.75, 3.05) is 7.11 Å². The minimum absolute atomic E-state index is 0.166. The molecule has 2 rings (SSSR count). The molecule has 0 radical (unpaired) electrons. The van der Waals surface area contributed by atoms with Crippen molar-refractivity contribution in [3.8, 4) is 11.1 Å². The molecule has 100 valence electrons. The van der Waals surface area contributed by atoms with E-state index in [1.165, 1.54) is 0 Å². The van der Waals surface area contributed by atoms with E-state index in [0.717, 1.165) is 13.3 Å². The molecule has 0 unspecified atom stereocenters. The fraction of sp³-hybridized carbons (Fsp3) is 0.154. The topological polar surface area (TPSA) is 42.1 Å². The highest BCUT2D eigenvalue weighted by molar-refractivity contribution is 5.98. The Kier molecular flexibility index (Phi) is 3.33. The molecule has 1 N–H and O–H groups in total. The highest BCUT2D eigenvalue weighted by Gasteiger charge is 2.39. The van der Waals surface area contributed by atoms with Crippen LogP contribution >= 0.6 is 0 Å². The number of halogens is 3. The van der Waals surface area contributed by atoms with Gasteiger partial charge < -0.3 is 9.72 Å². The van der Waals surface area contributed by atoms with E-state index in [1.807, 2.05) is 0 Å². The van der Waals surface area contributed by atoms with Crippen molar-refractivity contribution in [3.63, 3.8) is 0 Å². The number of H-pyrrole nitrogens is 1. The summed E-state index contributed by atoms with van der Waals surface area (Å²) in [6, 6.07) is 8.33. The minimum Gasteiger partial charge on any atom is -0.465 e. The molecule has 6 heteroatoms. The van der Waals surface area contributed by atoms with E-state index in [2.05, 4.69) is 9.72 Å². The van der Waals surface area contributed by atoms with Crippen LogP contribution in [-0.2, 0) is 10.9 Å². The van der Waals surface area contributed by atoms with Gasteiger partial charge in [-0.05, 0) is 5.56 Å². The van der Waals surface area contributed by atoms with Crippen molar-refractivity contribution in [2.45, 2.75) is 6.18 Å². The number of carbonyl (C=O) groups is 1. The van der Waals surface area contributed by atoms with E-state index in [0.29, 0.717) is 5.56 Å². The van der Waals surface area contributed by atoms with Gasteiger partial charge >= 0.3 is 12.1 Å². The molecule has 1 aromatic heterocycles. The van der Waals surface area contributed by atoms with Crippen molar-refractivity contribution < 1.29 is 22.7 Å². The molecule has 0 fully saturated rings. The summed E-state index contributed by atoms with van der Waals surface area (Å²) in [5.41, 5.74) is -0.922. The maximum atomic E-state index is 12.8. The first-order chi connectivity index (χ1) is 8.95. The molecule has 0 bridgehead atoms. The molecule has 0 amide bonds. The van der Waals surface area contributed by atoms with Crippen LogP contribution in [-0.4, -0.2) is 18.1 Å². The van der Waals surface area contributed by atoms with Crippen LogP contribution < -0.4 is 0 Å². The second-order valence-corrected chi connectivity index (χ2v) is 3.81. The second-order valence-electron chi connectivity index (χ2n) is 3.81. The maximum Gasteiger partial charge on any atom is 0.432 e. The van der Waals surface area contributed by atoms with Crippen molar-refractivity contribution in [2.24, 2.45) is 0 Å². The first kappa shape index (κ1) is 13.2. The van der Waals surface area contributed by atoms with E-state index in [4.69, 9.17) is 0 Å². The molecule has 0 saturated carbocycles. The monoisotopic (exact) mass is 269 g/mol. The number of aromatic nitrogens is 1. The Morgan fingerprint density at radius 2 is 1.84 bits per heavy atom. The molecular formula is C13H10F3NO2. The lowest BCUT2D eigenvalue weighted by molar-refractivity contribution is -0.141. The normalized spacial score (nSPS) is 11.4. The Balaban J connectivity index is 2.64. The van der Waals surface area contributed by atoms with E-state index in [1.54, 1.807) is 30.3 Å². The average Bonchev–Trinajstić information content (AvgIpc) is 2.83. The van der Waals surface area contributed by atoms with E-state index >= 15 is 0 Å². The van der Waals surface area contributed by atoms with Gasteiger partial charge in [0.05, 0.1) is 12.7 Å². The van der Waals surface area contributed by atoms with Gasteiger partial charge in [-0.1, -0.05) is 30.3 Å². The number of hydrogen-bond donors (Lipinski definition) is 1. The maximum absolute atomic E-state index is 12.8.